The molecule has 0 bridgehead atoms. The first kappa shape index (κ1) is 29.7. The van der Waals surface area contributed by atoms with Crippen LogP contribution >= 0.6 is 0 Å². The van der Waals surface area contributed by atoms with Crippen LogP contribution in [0, 0.1) is 0 Å². The second-order valence-corrected chi connectivity index (χ2v) is 10.8. The lowest BCUT2D eigenvalue weighted by molar-refractivity contribution is -0.274. The van der Waals surface area contributed by atoms with Crippen LogP contribution in [0.3, 0.4) is 0 Å². The number of rotatable bonds is 12. The molecule has 0 fully saturated rings. The van der Waals surface area contributed by atoms with Crippen molar-refractivity contribution in [2.45, 2.75) is 64.0 Å². The standard InChI is InChI=1S/C30H31F3N6O4/c1-29(2,43-28(34)40)24(20-8-6-19(7-9-20)5-3-4-13-39-14-12-35-38-39)17-22-18-41-27(36-22)26-16-21-15-23(42-30(31,32)33)10-11-25(21)37-26/h6-12,14-16,18,24,37H,3-5,13,17H2,1-2H3,(H2,34,40). The minimum atomic E-state index is -4.79. The molecule has 3 aromatic heterocycles. The van der Waals surface area contributed by atoms with Gasteiger partial charge in [0.1, 0.15) is 23.3 Å². The quantitative estimate of drug-likeness (QED) is 0.156. The second-order valence-electron chi connectivity index (χ2n) is 10.8. The molecule has 1 amide bonds. The van der Waals surface area contributed by atoms with Gasteiger partial charge < -0.3 is 24.6 Å². The third-order valence-electron chi connectivity index (χ3n) is 7.18. The number of nitrogens with two attached hydrogens (primary N) is 1. The molecule has 10 nitrogen and oxygen atoms in total. The van der Waals surface area contributed by atoms with E-state index in [1.54, 1.807) is 26.1 Å². The summed E-state index contributed by atoms with van der Waals surface area (Å²) < 4.78 is 55.0. The first-order valence-corrected chi connectivity index (χ1v) is 13.7. The van der Waals surface area contributed by atoms with E-state index in [9.17, 15) is 18.0 Å². The van der Waals surface area contributed by atoms with Crippen LogP contribution in [0.1, 0.15) is 49.4 Å². The highest BCUT2D eigenvalue weighted by Crippen LogP contribution is 2.36. The van der Waals surface area contributed by atoms with Gasteiger partial charge in [-0.3, -0.25) is 4.68 Å². The number of primary amides is 1. The summed E-state index contributed by atoms with van der Waals surface area (Å²) in [4.78, 5) is 19.5. The zero-order valence-corrected chi connectivity index (χ0v) is 23.6. The van der Waals surface area contributed by atoms with E-state index in [1.165, 1.54) is 30.0 Å². The Balaban J connectivity index is 1.31. The number of nitrogens with one attached hydrogen (secondary N) is 1. The van der Waals surface area contributed by atoms with Gasteiger partial charge in [0.25, 0.3) is 0 Å². The van der Waals surface area contributed by atoms with Crippen molar-refractivity contribution in [3.8, 4) is 17.3 Å². The van der Waals surface area contributed by atoms with E-state index < -0.39 is 18.1 Å². The minimum Gasteiger partial charge on any atom is -0.443 e. The Bertz CT molecular complexity index is 1660. The van der Waals surface area contributed by atoms with Crippen LogP contribution < -0.4 is 10.5 Å². The van der Waals surface area contributed by atoms with Crippen LogP contribution in [-0.2, 0) is 24.1 Å². The number of benzene rings is 2. The summed E-state index contributed by atoms with van der Waals surface area (Å²) in [5.74, 6) is -0.377. The van der Waals surface area contributed by atoms with Gasteiger partial charge in [0, 0.05) is 36.0 Å². The highest BCUT2D eigenvalue weighted by Gasteiger charge is 2.35. The summed E-state index contributed by atoms with van der Waals surface area (Å²) >= 11 is 0. The maximum absolute atomic E-state index is 12.6. The third-order valence-corrected chi connectivity index (χ3v) is 7.18. The van der Waals surface area contributed by atoms with Crippen LogP contribution in [0.25, 0.3) is 22.5 Å². The molecular formula is C30H31F3N6O4. The molecule has 1 atom stereocenters. The van der Waals surface area contributed by atoms with Crippen molar-refractivity contribution < 1.29 is 31.9 Å². The number of halogens is 3. The fourth-order valence-electron chi connectivity index (χ4n) is 5.12. The Morgan fingerprint density at radius 1 is 1.12 bits per heavy atom. The van der Waals surface area contributed by atoms with E-state index in [2.05, 4.69) is 37.1 Å². The molecule has 1 unspecified atom stereocenters. The average molecular weight is 597 g/mol. The number of hydrogen-bond donors (Lipinski definition) is 2. The molecule has 3 N–H and O–H groups in total. The SMILES string of the molecule is CC(C)(OC(N)=O)C(Cc1coc(-c2cc3cc(OC(F)(F)F)ccc3[nH]2)n1)c1ccc(CCCCn2ccnn2)cc1. The Morgan fingerprint density at radius 2 is 1.91 bits per heavy atom. The number of carbonyl (C=O) groups is 1. The molecule has 0 spiro atoms. The first-order chi connectivity index (χ1) is 20.4. The van der Waals surface area contributed by atoms with Gasteiger partial charge in [0.2, 0.25) is 5.89 Å². The lowest BCUT2D eigenvalue weighted by atomic mass is 9.81. The van der Waals surface area contributed by atoms with Gasteiger partial charge in [0.15, 0.2) is 0 Å². The average Bonchev–Trinajstić information content (AvgIpc) is 3.69. The highest BCUT2D eigenvalue weighted by molar-refractivity contribution is 5.85. The Morgan fingerprint density at radius 3 is 2.60 bits per heavy atom. The summed E-state index contributed by atoms with van der Waals surface area (Å²) in [6.45, 7) is 4.39. The van der Waals surface area contributed by atoms with Gasteiger partial charge in [-0.1, -0.05) is 29.5 Å². The summed E-state index contributed by atoms with van der Waals surface area (Å²) in [6.07, 6.45) is 2.58. The molecule has 13 heteroatoms. The van der Waals surface area contributed by atoms with E-state index in [0.717, 1.165) is 31.4 Å². The maximum atomic E-state index is 12.6. The van der Waals surface area contributed by atoms with Crippen molar-refractivity contribution in [1.82, 2.24) is 25.0 Å². The number of oxazole rings is 1. The predicted octanol–water partition coefficient (Wildman–Crippen LogP) is 6.54. The molecule has 5 rings (SSSR count). The van der Waals surface area contributed by atoms with Gasteiger partial charge in [-0.05, 0) is 68.5 Å². The lowest BCUT2D eigenvalue weighted by Crippen LogP contribution is -2.38. The molecule has 0 saturated heterocycles. The molecule has 2 aromatic carbocycles. The van der Waals surface area contributed by atoms with Crippen LogP contribution in [0.15, 0.2) is 71.6 Å². The topological polar surface area (TPSA) is 134 Å². The number of amides is 1. The summed E-state index contributed by atoms with van der Waals surface area (Å²) in [5, 5.41) is 8.30. The van der Waals surface area contributed by atoms with Crippen molar-refractivity contribution in [2.24, 2.45) is 5.73 Å². The van der Waals surface area contributed by atoms with Crippen LogP contribution in [0.5, 0.6) is 5.75 Å². The van der Waals surface area contributed by atoms with Crippen molar-refractivity contribution in [3.05, 3.63) is 84.0 Å². The van der Waals surface area contributed by atoms with E-state index >= 15 is 0 Å². The highest BCUT2D eigenvalue weighted by atomic mass is 19.4. The predicted molar refractivity (Wildman–Crippen MR) is 151 cm³/mol. The molecular weight excluding hydrogens is 565 g/mol. The third kappa shape index (κ3) is 7.73. The van der Waals surface area contributed by atoms with Gasteiger partial charge in [-0.2, -0.15) is 0 Å². The van der Waals surface area contributed by atoms with Gasteiger partial charge in [0.05, 0.1) is 11.9 Å². The fraction of sp³-hybridized carbons (Fsp3) is 0.333. The Hall–Kier alpha value is -4.81. The number of aryl methyl sites for hydroxylation is 2. The first-order valence-electron chi connectivity index (χ1n) is 13.7. The van der Waals surface area contributed by atoms with Crippen LogP contribution in [-0.4, -0.2) is 43.0 Å². The van der Waals surface area contributed by atoms with Crippen molar-refractivity contribution in [3.63, 3.8) is 0 Å². The van der Waals surface area contributed by atoms with E-state index in [4.69, 9.17) is 14.9 Å². The molecule has 3 heterocycles. The van der Waals surface area contributed by atoms with Crippen molar-refractivity contribution in [1.29, 1.82) is 0 Å². The Labute approximate surface area is 245 Å². The molecule has 5 aromatic rings. The number of nitrogens with zero attached hydrogens (tertiary/aromatic N) is 4. The zero-order chi connectivity index (χ0) is 30.6. The lowest BCUT2D eigenvalue weighted by Gasteiger charge is -2.33. The number of hydrogen-bond acceptors (Lipinski definition) is 7. The number of carbonyl (C=O) groups excluding carboxylic acids is 1. The van der Waals surface area contributed by atoms with Gasteiger partial charge in [-0.25, -0.2) is 9.78 Å². The van der Waals surface area contributed by atoms with Gasteiger partial charge >= 0.3 is 12.5 Å². The van der Waals surface area contributed by atoms with Crippen molar-refractivity contribution in [2.75, 3.05) is 0 Å². The normalized spacial score (nSPS) is 12.9. The number of ether oxygens (including phenoxy) is 2. The monoisotopic (exact) mass is 596 g/mol. The minimum absolute atomic E-state index is 0.262. The molecule has 0 aliphatic carbocycles. The zero-order valence-electron chi connectivity index (χ0n) is 23.6. The molecule has 0 aliphatic heterocycles. The second kappa shape index (κ2) is 12.2. The van der Waals surface area contributed by atoms with Crippen LogP contribution in [0.2, 0.25) is 0 Å². The maximum Gasteiger partial charge on any atom is 0.573 e. The molecule has 43 heavy (non-hydrogen) atoms. The van der Waals surface area contributed by atoms with E-state index in [1.807, 2.05) is 23.0 Å². The van der Waals surface area contributed by atoms with E-state index in [0.29, 0.717) is 28.7 Å². The van der Waals surface area contributed by atoms with Gasteiger partial charge in [-0.15, -0.1) is 18.3 Å². The number of unbranched alkanes of at least 4 members (excludes halogenated alkanes) is 1. The summed E-state index contributed by atoms with van der Waals surface area (Å²) in [5.41, 5.74) is 8.22. The number of aromatic nitrogens is 5. The fourth-order valence-corrected chi connectivity index (χ4v) is 5.12. The Kier molecular flexibility index (Phi) is 8.42. The summed E-state index contributed by atoms with van der Waals surface area (Å²) in [6, 6.07) is 13.8. The number of alkyl halides is 3. The molecule has 0 aliphatic rings. The molecule has 226 valence electrons. The van der Waals surface area contributed by atoms with Crippen LogP contribution in [0.4, 0.5) is 18.0 Å². The number of aromatic amines is 1. The molecule has 0 saturated carbocycles. The number of H-pyrrole nitrogens is 1. The molecule has 0 radical (unpaired) electrons. The summed E-state index contributed by atoms with van der Waals surface area (Å²) in [7, 11) is 0. The largest absolute Gasteiger partial charge is 0.573 e. The number of fused-ring (bicyclic) bond motifs is 1. The van der Waals surface area contributed by atoms with E-state index in [-0.39, 0.29) is 17.6 Å². The smallest absolute Gasteiger partial charge is 0.443 e. The van der Waals surface area contributed by atoms with Crippen molar-refractivity contribution >= 4 is 17.0 Å².